The van der Waals surface area contributed by atoms with Gasteiger partial charge in [0.15, 0.2) is 5.75 Å². The van der Waals surface area contributed by atoms with Gasteiger partial charge in [0.1, 0.15) is 18.1 Å². The Morgan fingerprint density at radius 2 is 1.54 bits per heavy atom. The molecule has 3 aromatic rings. The van der Waals surface area contributed by atoms with E-state index in [4.69, 9.17) is 18.6 Å². The molecule has 41 heavy (non-hydrogen) atoms. The minimum atomic E-state index is -2.18. The third kappa shape index (κ3) is 6.23. The van der Waals surface area contributed by atoms with Gasteiger partial charge in [-0.3, -0.25) is 0 Å². The van der Waals surface area contributed by atoms with E-state index in [0.717, 1.165) is 22.3 Å². The minimum absolute atomic E-state index is 0.00863. The van der Waals surface area contributed by atoms with Gasteiger partial charge in [-0.1, -0.05) is 69.3 Å². The summed E-state index contributed by atoms with van der Waals surface area (Å²) in [6, 6.07) is 17.7. The molecule has 0 aromatic heterocycles. The minimum Gasteiger partial charge on any atom is -0.541 e. The number of amides is 1. The van der Waals surface area contributed by atoms with Crippen LogP contribution >= 0.6 is 0 Å². The summed E-state index contributed by atoms with van der Waals surface area (Å²) in [5.74, 6) is 1.86. The number of hydrogen-bond donors (Lipinski definition) is 2. The summed E-state index contributed by atoms with van der Waals surface area (Å²) in [6.45, 7) is 12.8. The number of fused-ring (bicyclic) bond motifs is 3. The Hall–Kier alpha value is -3.49. The van der Waals surface area contributed by atoms with Crippen LogP contribution in [0.2, 0.25) is 18.1 Å². The van der Waals surface area contributed by atoms with Gasteiger partial charge < -0.3 is 29.1 Å². The number of nitrogens with one attached hydrogen (secondary N) is 1. The first-order valence-corrected chi connectivity index (χ1v) is 17.0. The van der Waals surface area contributed by atoms with Crippen molar-refractivity contribution in [2.75, 3.05) is 27.4 Å². The van der Waals surface area contributed by atoms with E-state index < -0.39 is 20.5 Å². The second kappa shape index (κ2) is 12.2. The van der Waals surface area contributed by atoms with Crippen LogP contribution in [0.15, 0.2) is 54.6 Å². The number of carbonyl (C=O) groups excluding carboxylic acids is 1. The fourth-order valence-corrected chi connectivity index (χ4v) is 6.25. The second-order valence-corrected chi connectivity index (χ2v) is 16.9. The third-order valence-corrected chi connectivity index (χ3v) is 12.8. The van der Waals surface area contributed by atoms with Crippen molar-refractivity contribution in [3.05, 3.63) is 76.9 Å². The van der Waals surface area contributed by atoms with Crippen LogP contribution in [-0.4, -0.2) is 53.0 Å². The number of aliphatic hydroxyl groups is 1. The molecule has 0 bridgehead atoms. The van der Waals surface area contributed by atoms with Gasteiger partial charge in [-0.15, -0.1) is 0 Å². The Morgan fingerprint density at radius 3 is 2.05 bits per heavy atom. The van der Waals surface area contributed by atoms with Crippen LogP contribution in [0.5, 0.6) is 17.2 Å². The molecule has 1 amide bonds. The van der Waals surface area contributed by atoms with E-state index in [2.05, 4.69) is 63.4 Å². The van der Waals surface area contributed by atoms with E-state index in [1.54, 1.807) is 14.2 Å². The molecule has 0 spiro atoms. The van der Waals surface area contributed by atoms with Crippen molar-refractivity contribution in [1.82, 2.24) is 5.32 Å². The fraction of sp³-hybridized carbons (Fsp3) is 0.424. The molecule has 0 saturated carbocycles. The highest BCUT2D eigenvalue weighted by Gasteiger charge is 2.40. The van der Waals surface area contributed by atoms with Crippen molar-refractivity contribution in [2.45, 2.75) is 64.2 Å². The first-order chi connectivity index (χ1) is 19.4. The van der Waals surface area contributed by atoms with Crippen molar-refractivity contribution < 1.29 is 28.5 Å². The molecule has 0 saturated heterocycles. The molecule has 0 radical (unpaired) electrons. The lowest BCUT2D eigenvalue weighted by molar-refractivity contribution is 0.132. The standard InChI is InChI=1S/C33H43NO6Si/c1-21-30(37-5)22(18-29(31(21)38-6)40-41(7,8)33(2,3)4)17-23(19-35)34-32(36)39-20-28-26-15-11-9-13-24(26)25-14-10-12-16-27(25)28/h9-16,18,23,28,35H,17,19-20H2,1-8H3,(H,34,36). The number of alkyl carbamates (subject to hydrolysis) is 1. The van der Waals surface area contributed by atoms with Crippen molar-refractivity contribution in [1.29, 1.82) is 0 Å². The van der Waals surface area contributed by atoms with Crippen LogP contribution in [-0.2, 0) is 11.2 Å². The first-order valence-electron chi connectivity index (χ1n) is 14.1. The molecule has 8 heteroatoms. The topological polar surface area (TPSA) is 86.3 Å². The summed E-state index contributed by atoms with van der Waals surface area (Å²) < 4.78 is 23.9. The summed E-state index contributed by atoms with van der Waals surface area (Å²) >= 11 is 0. The molecular weight excluding hydrogens is 534 g/mol. The van der Waals surface area contributed by atoms with Crippen LogP contribution in [0.4, 0.5) is 4.79 Å². The van der Waals surface area contributed by atoms with Crippen LogP contribution < -0.4 is 19.2 Å². The summed E-state index contributed by atoms with van der Waals surface area (Å²) in [5.41, 5.74) is 6.24. The summed E-state index contributed by atoms with van der Waals surface area (Å²) in [5, 5.41) is 13.1. The maximum atomic E-state index is 13.0. The number of hydrogen-bond acceptors (Lipinski definition) is 6. The molecule has 1 unspecified atom stereocenters. The molecular formula is C33H43NO6Si. The van der Waals surface area contributed by atoms with E-state index in [-0.39, 0.29) is 24.2 Å². The quantitative estimate of drug-likeness (QED) is 0.257. The van der Waals surface area contributed by atoms with Gasteiger partial charge in [0.2, 0.25) is 0 Å². The van der Waals surface area contributed by atoms with Crippen molar-refractivity contribution >= 4 is 14.4 Å². The monoisotopic (exact) mass is 577 g/mol. The van der Waals surface area contributed by atoms with Crippen LogP contribution in [0.3, 0.4) is 0 Å². The number of methoxy groups -OCH3 is 2. The highest BCUT2D eigenvalue weighted by atomic mass is 28.4. The Bertz CT molecular complexity index is 1350. The molecule has 1 aliphatic rings. The van der Waals surface area contributed by atoms with E-state index in [1.165, 1.54) is 11.1 Å². The maximum absolute atomic E-state index is 13.0. The van der Waals surface area contributed by atoms with Gasteiger partial charge in [-0.2, -0.15) is 0 Å². The van der Waals surface area contributed by atoms with Gasteiger partial charge >= 0.3 is 6.09 Å². The molecule has 0 fully saturated rings. The zero-order chi connectivity index (χ0) is 29.9. The van der Waals surface area contributed by atoms with Gasteiger partial charge in [-0.25, -0.2) is 4.79 Å². The highest BCUT2D eigenvalue weighted by molar-refractivity contribution is 6.74. The number of rotatable bonds is 10. The lowest BCUT2D eigenvalue weighted by Crippen LogP contribution is -2.44. The zero-order valence-corrected chi connectivity index (χ0v) is 26.5. The van der Waals surface area contributed by atoms with Crippen molar-refractivity contribution in [3.63, 3.8) is 0 Å². The molecule has 3 aromatic carbocycles. The summed E-state index contributed by atoms with van der Waals surface area (Å²) in [4.78, 5) is 13.0. The lowest BCUT2D eigenvalue weighted by Gasteiger charge is -2.37. The van der Waals surface area contributed by atoms with Gasteiger partial charge in [0, 0.05) is 17.0 Å². The number of benzene rings is 3. The predicted octanol–water partition coefficient (Wildman–Crippen LogP) is 6.84. The van der Waals surface area contributed by atoms with Crippen LogP contribution in [0.1, 0.15) is 48.9 Å². The molecule has 2 N–H and O–H groups in total. The average molecular weight is 578 g/mol. The predicted molar refractivity (Wildman–Crippen MR) is 165 cm³/mol. The Kier molecular flexibility index (Phi) is 9.04. The van der Waals surface area contributed by atoms with E-state index in [9.17, 15) is 9.90 Å². The normalized spacial score (nSPS) is 13.7. The molecule has 4 rings (SSSR count). The zero-order valence-electron chi connectivity index (χ0n) is 25.5. The molecule has 220 valence electrons. The Morgan fingerprint density at radius 1 is 0.976 bits per heavy atom. The van der Waals surface area contributed by atoms with Crippen molar-refractivity contribution in [2.24, 2.45) is 0 Å². The summed E-state index contributed by atoms with van der Waals surface area (Å²) in [6.07, 6.45) is -0.254. The SMILES string of the molecule is COc1c(CC(CO)NC(=O)OCC2c3ccccc3-c3ccccc32)cc(O[Si](C)(C)C(C)(C)C)c(OC)c1C. The molecule has 7 nitrogen and oxygen atoms in total. The van der Waals surface area contributed by atoms with Crippen LogP contribution in [0.25, 0.3) is 11.1 Å². The largest absolute Gasteiger partial charge is 0.541 e. The van der Waals surface area contributed by atoms with E-state index in [1.807, 2.05) is 37.3 Å². The highest BCUT2D eigenvalue weighted by Crippen LogP contribution is 2.46. The Balaban J connectivity index is 1.51. The van der Waals surface area contributed by atoms with Crippen LogP contribution in [0, 0.1) is 6.92 Å². The molecule has 1 aliphatic carbocycles. The smallest absolute Gasteiger partial charge is 0.407 e. The van der Waals surface area contributed by atoms with E-state index in [0.29, 0.717) is 23.7 Å². The third-order valence-electron chi connectivity index (χ3n) is 8.43. The lowest BCUT2D eigenvalue weighted by atomic mass is 9.98. The van der Waals surface area contributed by atoms with E-state index >= 15 is 0 Å². The number of ether oxygens (including phenoxy) is 3. The van der Waals surface area contributed by atoms with Crippen molar-refractivity contribution in [3.8, 4) is 28.4 Å². The van der Waals surface area contributed by atoms with Gasteiger partial charge in [0.05, 0.1) is 26.9 Å². The summed E-state index contributed by atoms with van der Waals surface area (Å²) in [7, 11) is 1.05. The number of aliphatic hydroxyl groups excluding tert-OH is 1. The second-order valence-electron chi connectivity index (χ2n) is 12.1. The number of carbonyl (C=O) groups is 1. The van der Waals surface area contributed by atoms with Gasteiger partial charge in [0.25, 0.3) is 8.32 Å². The maximum Gasteiger partial charge on any atom is 0.407 e. The molecule has 0 heterocycles. The van der Waals surface area contributed by atoms with Gasteiger partial charge in [-0.05, 0) is 59.8 Å². The first kappa shape index (κ1) is 30.5. The fourth-order valence-electron chi connectivity index (χ4n) is 5.24. The molecule has 1 atom stereocenters. The molecule has 0 aliphatic heterocycles. The average Bonchev–Trinajstić information content (AvgIpc) is 3.24. The Labute approximate surface area is 244 Å².